The second kappa shape index (κ2) is 4.94. The van der Waals surface area contributed by atoms with Crippen LogP contribution in [0.15, 0.2) is 36.7 Å². The number of aromatic nitrogens is 2. The van der Waals surface area contributed by atoms with E-state index in [-0.39, 0.29) is 6.61 Å². The van der Waals surface area contributed by atoms with Crippen LogP contribution in [0.4, 0.5) is 0 Å². The summed E-state index contributed by atoms with van der Waals surface area (Å²) in [6.45, 7) is 2.28. The summed E-state index contributed by atoms with van der Waals surface area (Å²) in [5.74, 6) is 0. The lowest BCUT2D eigenvalue weighted by molar-refractivity contribution is 0.288. The molecule has 0 bridgehead atoms. The van der Waals surface area contributed by atoms with Crippen molar-refractivity contribution in [2.24, 2.45) is 0 Å². The highest BCUT2D eigenvalue weighted by molar-refractivity contribution is 5.34. The number of aryl methyl sites for hydroxylation is 2. The Balaban J connectivity index is 2.13. The Morgan fingerprint density at radius 2 is 2.00 bits per heavy atom. The first-order chi connectivity index (χ1) is 7.79. The molecule has 0 saturated heterocycles. The standard InChI is InChI=1S/C13H16N2O/c1-11-9-14-15(10-11)13-6-4-12(5-7-13)3-2-8-16/h4-7,9-10,16H,2-3,8H2,1H3. The minimum absolute atomic E-state index is 0.250. The highest BCUT2D eigenvalue weighted by atomic mass is 16.2. The van der Waals surface area contributed by atoms with Crippen LogP contribution in [0, 0.1) is 6.92 Å². The minimum Gasteiger partial charge on any atom is -0.396 e. The highest BCUT2D eigenvalue weighted by Crippen LogP contribution is 2.11. The van der Waals surface area contributed by atoms with Crippen molar-refractivity contribution in [3.05, 3.63) is 47.8 Å². The summed E-state index contributed by atoms with van der Waals surface area (Å²) >= 11 is 0. The van der Waals surface area contributed by atoms with Crippen LogP contribution >= 0.6 is 0 Å². The fourth-order valence-electron chi connectivity index (χ4n) is 1.65. The topological polar surface area (TPSA) is 38.0 Å². The number of benzene rings is 1. The first kappa shape index (κ1) is 10.9. The zero-order valence-corrected chi connectivity index (χ0v) is 9.43. The molecular weight excluding hydrogens is 200 g/mol. The maximum absolute atomic E-state index is 8.75. The van der Waals surface area contributed by atoms with Gasteiger partial charge in [-0.15, -0.1) is 0 Å². The molecule has 0 aliphatic carbocycles. The summed E-state index contributed by atoms with van der Waals surface area (Å²) in [7, 11) is 0. The van der Waals surface area contributed by atoms with Crippen LogP contribution in [0.1, 0.15) is 17.5 Å². The van der Waals surface area contributed by atoms with E-state index in [0.717, 1.165) is 24.1 Å². The van der Waals surface area contributed by atoms with Crippen molar-refractivity contribution in [2.45, 2.75) is 19.8 Å². The van der Waals surface area contributed by atoms with Gasteiger partial charge in [0.1, 0.15) is 0 Å². The van der Waals surface area contributed by atoms with E-state index >= 15 is 0 Å². The molecule has 1 heterocycles. The zero-order chi connectivity index (χ0) is 11.4. The summed E-state index contributed by atoms with van der Waals surface area (Å²) in [6, 6.07) is 8.28. The molecule has 0 aliphatic heterocycles. The number of aliphatic hydroxyl groups is 1. The average molecular weight is 216 g/mol. The van der Waals surface area contributed by atoms with Crippen LogP contribution in [-0.2, 0) is 6.42 Å². The van der Waals surface area contributed by atoms with Crippen LogP contribution in [0.5, 0.6) is 0 Å². The second-order valence-corrected chi connectivity index (χ2v) is 3.96. The predicted octanol–water partition coefficient (Wildman–Crippen LogP) is 2.11. The van der Waals surface area contributed by atoms with Gasteiger partial charge in [0, 0.05) is 12.8 Å². The maximum atomic E-state index is 8.75. The fraction of sp³-hybridized carbons (Fsp3) is 0.308. The summed E-state index contributed by atoms with van der Waals surface area (Å²) in [4.78, 5) is 0. The molecular formula is C13H16N2O. The molecule has 0 saturated carbocycles. The van der Waals surface area contributed by atoms with Crippen molar-refractivity contribution in [1.82, 2.24) is 9.78 Å². The first-order valence-corrected chi connectivity index (χ1v) is 5.51. The molecule has 3 heteroatoms. The highest BCUT2D eigenvalue weighted by Gasteiger charge is 1.98. The molecule has 16 heavy (non-hydrogen) atoms. The molecule has 1 aromatic heterocycles. The summed E-state index contributed by atoms with van der Waals surface area (Å²) in [5.41, 5.74) is 3.48. The van der Waals surface area contributed by atoms with Crippen molar-refractivity contribution in [2.75, 3.05) is 6.61 Å². The monoisotopic (exact) mass is 216 g/mol. The van der Waals surface area contributed by atoms with E-state index in [9.17, 15) is 0 Å². The lowest BCUT2D eigenvalue weighted by atomic mass is 10.1. The third kappa shape index (κ3) is 2.49. The van der Waals surface area contributed by atoms with Gasteiger partial charge in [-0.05, 0) is 43.0 Å². The van der Waals surface area contributed by atoms with Crippen LogP contribution in [0.25, 0.3) is 5.69 Å². The quantitative estimate of drug-likeness (QED) is 0.850. The van der Waals surface area contributed by atoms with Gasteiger partial charge in [-0.1, -0.05) is 12.1 Å². The van der Waals surface area contributed by atoms with Gasteiger partial charge >= 0.3 is 0 Å². The van der Waals surface area contributed by atoms with E-state index in [1.807, 2.05) is 24.0 Å². The number of nitrogens with zero attached hydrogens (tertiary/aromatic N) is 2. The third-order valence-corrected chi connectivity index (χ3v) is 2.54. The van der Waals surface area contributed by atoms with Gasteiger partial charge < -0.3 is 5.11 Å². The van der Waals surface area contributed by atoms with Gasteiger partial charge in [0.15, 0.2) is 0 Å². The van der Waals surface area contributed by atoms with Crippen molar-refractivity contribution in [3.8, 4) is 5.69 Å². The first-order valence-electron chi connectivity index (χ1n) is 5.51. The van der Waals surface area contributed by atoms with E-state index in [1.54, 1.807) is 0 Å². The molecule has 0 fully saturated rings. The molecule has 0 atom stereocenters. The molecule has 3 nitrogen and oxygen atoms in total. The van der Waals surface area contributed by atoms with Gasteiger partial charge in [0.05, 0.1) is 11.9 Å². The van der Waals surface area contributed by atoms with E-state index in [1.165, 1.54) is 5.56 Å². The Hall–Kier alpha value is -1.61. The maximum Gasteiger partial charge on any atom is 0.0645 e. The normalized spacial score (nSPS) is 10.6. The van der Waals surface area contributed by atoms with Crippen molar-refractivity contribution < 1.29 is 5.11 Å². The van der Waals surface area contributed by atoms with E-state index < -0.39 is 0 Å². The Labute approximate surface area is 95.3 Å². The summed E-state index contributed by atoms with van der Waals surface area (Å²) in [5, 5.41) is 13.0. The minimum atomic E-state index is 0.250. The molecule has 0 unspecified atom stereocenters. The number of rotatable bonds is 4. The SMILES string of the molecule is Cc1cnn(-c2ccc(CCCO)cc2)c1. The van der Waals surface area contributed by atoms with Gasteiger partial charge in [-0.3, -0.25) is 0 Å². The van der Waals surface area contributed by atoms with Crippen LogP contribution in [0.2, 0.25) is 0 Å². The molecule has 0 spiro atoms. The van der Waals surface area contributed by atoms with E-state index in [2.05, 4.69) is 29.4 Å². The Kier molecular flexibility index (Phi) is 3.37. The van der Waals surface area contributed by atoms with Crippen LogP contribution in [0.3, 0.4) is 0 Å². The van der Waals surface area contributed by atoms with Gasteiger partial charge in [0.2, 0.25) is 0 Å². The van der Waals surface area contributed by atoms with Gasteiger partial charge in [-0.25, -0.2) is 4.68 Å². The zero-order valence-electron chi connectivity index (χ0n) is 9.43. The predicted molar refractivity (Wildman–Crippen MR) is 63.7 cm³/mol. The Morgan fingerprint density at radius 3 is 2.56 bits per heavy atom. The third-order valence-electron chi connectivity index (χ3n) is 2.54. The number of aliphatic hydroxyl groups excluding tert-OH is 1. The molecule has 2 aromatic rings. The van der Waals surface area contributed by atoms with Crippen molar-refractivity contribution in [3.63, 3.8) is 0 Å². The number of hydrogen-bond donors (Lipinski definition) is 1. The van der Waals surface area contributed by atoms with Crippen LogP contribution in [-0.4, -0.2) is 21.5 Å². The molecule has 2 rings (SSSR count). The lowest BCUT2D eigenvalue weighted by Crippen LogP contribution is -1.95. The molecule has 1 N–H and O–H groups in total. The lowest BCUT2D eigenvalue weighted by Gasteiger charge is -2.03. The molecule has 84 valence electrons. The molecule has 0 amide bonds. The van der Waals surface area contributed by atoms with E-state index in [4.69, 9.17) is 5.11 Å². The molecule has 1 aromatic carbocycles. The smallest absolute Gasteiger partial charge is 0.0645 e. The Bertz CT molecular complexity index is 445. The second-order valence-electron chi connectivity index (χ2n) is 3.96. The fourth-order valence-corrected chi connectivity index (χ4v) is 1.65. The van der Waals surface area contributed by atoms with E-state index in [0.29, 0.717) is 0 Å². The van der Waals surface area contributed by atoms with Gasteiger partial charge in [-0.2, -0.15) is 5.10 Å². The largest absolute Gasteiger partial charge is 0.396 e. The number of hydrogen-bond acceptors (Lipinski definition) is 2. The average Bonchev–Trinajstić information content (AvgIpc) is 2.74. The van der Waals surface area contributed by atoms with Gasteiger partial charge in [0.25, 0.3) is 0 Å². The van der Waals surface area contributed by atoms with Crippen LogP contribution < -0.4 is 0 Å². The molecule has 0 aliphatic rings. The summed E-state index contributed by atoms with van der Waals surface area (Å²) in [6.07, 6.45) is 5.59. The summed E-state index contributed by atoms with van der Waals surface area (Å²) < 4.78 is 1.87. The molecule has 0 radical (unpaired) electrons. The van der Waals surface area contributed by atoms with Crippen molar-refractivity contribution in [1.29, 1.82) is 0 Å². The Morgan fingerprint density at radius 1 is 1.25 bits per heavy atom. The van der Waals surface area contributed by atoms with Crippen molar-refractivity contribution >= 4 is 0 Å².